The van der Waals surface area contributed by atoms with Crippen molar-refractivity contribution >= 4 is 53.4 Å². The zero-order valence-electron chi connectivity index (χ0n) is 15.3. The van der Waals surface area contributed by atoms with E-state index < -0.39 is 21.4 Å². The van der Waals surface area contributed by atoms with Gasteiger partial charge in [0, 0.05) is 11.6 Å². The van der Waals surface area contributed by atoms with Gasteiger partial charge in [0.05, 0.1) is 22.2 Å². The summed E-state index contributed by atoms with van der Waals surface area (Å²) in [7, 11) is -1.85. The van der Waals surface area contributed by atoms with Crippen LogP contribution in [-0.4, -0.2) is 32.7 Å². The van der Waals surface area contributed by atoms with Crippen LogP contribution in [0.1, 0.15) is 10.4 Å². The third-order valence-electron chi connectivity index (χ3n) is 4.19. The number of rotatable bonds is 4. The molecule has 2 aromatic carbocycles. The second-order valence-electron chi connectivity index (χ2n) is 6.23. The summed E-state index contributed by atoms with van der Waals surface area (Å²) in [5.74, 6) is -0.114. The number of benzene rings is 2. The molecule has 2 aromatic heterocycles. The van der Waals surface area contributed by atoms with E-state index in [0.717, 1.165) is 17.6 Å². The van der Waals surface area contributed by atoms with Crippen LogP contribution in [0.4, 0.5) is 5.13 Å². The summed E-state index contributed by atoms with van der Waals surface area (Å²) in [5.41, 5.74) is -0.0869. The van der Waals surface area contributed by atoms with Gasteiger partial charge in [-0.2, -0.15) is 0 Å². The van der Waals surface area contributed by atoms with Crippen LogP contribution in [0.15, 0.2) is 56.6 Å². The van der Waals surface area contributed by atoms with Crippen LogP contribution in [0, 0.1) is 0 Å². The Balaban J connectivity index is 1.68. The molecule has 1 amide bonds. The van der Waals surface area contributed by atoms with E-state index in [4.69, 9.17) is 9.15 Å². The summed E-state index contributed by atoms with van der Waals surface area (Å²) in [6.07, 6.45) is 1.12. The Bertz CT molecular complexity index is 1440. The van der Waals surface area contributed by atoms with E-state index in [1.807, 2.05) is 0 Å². The van der Waals surface area contributed by atoms with E-state index >= 15 is 0 Å². The summed E-state index contributed by atoms with van der Waals surface area (Å²) in [6, 6.07) is 10.8. The highest BCUT2D eigenvalue weighted by Crippen LogP contribution is 2.28. The molecular weight excluding hydrogens is 416 g/mol. The molecule has 0 fully saturated rings. The van der Waals surface area contributed by atoms with Gasteiger partial charge in [0.1, 0.15) is 16.9 Å². The lowest BCUT2D eigenvalue weighted by molar-refractivity contribution is 0.102. The van der Waals surface area contributed by atoms with E-state index in [0.29, 0.717) is 26.9 Å². The van der Waals surface area contributed by atoms with Crippen molar-refractivity contribution in [2.45, 2.75) is 4.90 Å². The number of fused-ring (bicyclic) bond motifs is 2. The molecule has 0 saturated heterocycles. The van der Waals surface area contributed by atoms with Crippen LogP contribution in [0.2, 0.25) is 0 Å². The maximum absolute atomic E-state index is 12.6. The molecule has 29 heavy (non-hydrogen) atoms. The minimum Gasteiger partial charge on any atom is -0.497 e. The normalized spacial score (nSPS) is 11.7. The Morgan fingerprint density at radius 2 is 1.97 bits per heavy atom. The highest BCUT2D eigenvalue weighted by Gasteiger charge is 2.17. The van der Waals surface area contributed by atoms with Gasteiger partial charge < -0.3 is 9.15 Å². The number of carbonyl (C=O) groups is 1. The van der Waals surface area contributed by atoms with Crippen LogP contribution in [0.25, 0.3) is 21.2 Å². The van der Waals surface area contributed by atoms with Crippen molar-refractivity contribution in [1.82, 2.24) is 4.98 Å². The number of aromatic nitrogens is 1. The van der Waals surface area contributed by atoms with Crippen molar-refractivity contribution < 1.29 is 22.4 Å². The van der Waals surface area contributed by atoms with Gasteiger partial charge >= 0.3 is 5.63 Å². The number of nitrogens with one attached hydrogen (secondary N) is 1. The van der Waals surface area contributed by atoms with E-state index in [-0.39, 0.29) is 15.6 Å². The van der Waals surface area contributed by atoms with Crippen molar-refractivity contribution in [3.05, 3.63) is 58.4 Å². The van der Waals surface area contributed by atoms with Crippen LogP contribution in [0.3, 0.4) is 0 Å². The minimum atomic E-state index is -3.36. The van der Waals surface area contributed by atoms with Crippen LogP contribution >= 0.6 is 11.3 Å². The van der Waals surface area contributed by atoms with Crippen molar-refractivity contribution in [3.8, 4) is 5.75 Å². The second kappa shape index (κ2) is 6.98. The van der Waals surface area contributed by atoms with Gasteiger partial charge in [-0.05, 0) is 42.5 Å². The Labute approximate surface area is 168 Å². The molecule has 0 aliphatic rings. The lowest BCUT2D eigenvalue weighted by atomic mass is 10.1. The largest absolute Gasteiger partial charge is 0.497 e. The number of hydrogen-bond acceptors (Lipinski definition) is 8. The number of nitrogens with zero attached hydrogens (tertiary/aromatic N) is 1. The molecule has 0 radical (unpaired) electrons. The summed E-state index contributed by atoms with van der Waals surface area (Å²) >= 11 is 1.11. The number of methoxy groups -OCH3 is 1. The fourth-order valence-corrected chi connectivity index (χ4v) is 4.36. The fraction of sp³-hybridized carbons (Fsp3) is 0.105. The maximum atomic E-state index is 12.6. The number of anilines is 1. The highest BCUT2D eigenvalue weighted by atomic mass is 32.2. The molecule has 8 nitrogen and oxygen atoms in total. The first-order chi connectivity index (χ1) is 13.7. The van der Waals surface area contributed by atoms with E-state index in [9.17, 15) is 18.0 Å². The second-order valence-corrected chi connectivity index (χ2v) is 9.27. The standard InChI is InChI=1S/C19H14N2O6S2/c1-26-11-3-6-15-10(7-11)8-13(18(23)27-15)17(22)21-19-20-14-5-4-12(29(2,24)25)9-16(14)28-19/h3-9H,1-2H3,(H,20,21,22). The Hall–Kier alpha value is -3.24. The highest BCUT2D eigenvalue weighted by molar-refractivity contribution is 7.90. The summed E-state index contributed by atoms with van der Waals surface area (Å²) in [4.78, 5) is 29.2. The van der Waals surface area contributed by atoms with Crippen LogP contribution in [-0.2, 0) is 9.84 Å². The SMILES string of the molecule is COc1ccc2oc(=O)c(C(=O)Nc3nc4ccc(S(C)(=O)=O)cc4s3)cc2c1. The molecule has 0 atom stereocenters. The first-order valence-corrected chi connectivity index (χ1v) is 11.0. The van der Waals surface area contributed by atoms with Gasteiger partial charge in [0.2, 0.25) is 0 Å². The Morgan fingerprint density at radius 1 is 1.17 bits per heavy atom. The molecule has 10 heteroatoms. The number of amides is 1. The van der Waals surface area contributed by atoms with Gasteiger partial charge in [-0.1, -0.05) is 11.3 Å². The Kier molecular flexibility index (Phi) is 4.59. The molecule has 148 valence electrons. The lowest BCUT2D eigenvalue weighted by Gasteiger charge is -2.04. The number of hydrogen-bond donors (Lipinski definition) is 1. The van der Waals surface area contributed by atoms with Crippen molar-refractivity contribution in [2.75, 3.05) is 18.7 Å². The average molecular weight is 430 g/mol. The first kappa shape index (κ1) is 19.1. The predicted octanol–water partition coefficient (Wildman–Crippen LogP) is 3.07. The van der Waals surface area contributed by atoms with Crippen LogP contribution in [0.5, 0.6) is 5.75 Å². The molecule has 2 heterocycles. The quantitative estimate of drug-likeness (QED) is 0.495. The van der Waals surface area contributed by atoms with Gasteiger partial charge in [-0.3, -0.25) is 10.1 Å². The topological polar surface area (TPSA) is 116 Å². The molecule has 0 aliphatic heterocycles. The van der Waals surface area contributed by atoms with E-state index in [1.165, 1.54) is 25.3 Å². The van der Waals surface area contributed by atoms with Crippen molar-refractivity contribution in [3.63, 3.8) is 0 Å². The zero-order valence-corrected chi connectivity index (χ0v) is 16.9. The molecule has 4 aromatic rings. The number of sulfone groups is 1. The lowest BCUT2D eigenvalue weighted by Crippen LogP contribution is -2.20. The minimum absolute atomic E-state index is 0.163. The molecule has 0 saturated carbocycles. The van der Waals surface area contributed by atoms with Gasteiger partial charge in [0.25, 0.3) is 5.91 Å². The third-order valence-corrected chi connectivity index (χ3v) is 6.24. The molecule has 1 N–H and O–H groups in total. The summed E-state index contributed by atoms with van der Waals surface area (Å²) in [5, 5.41) is 3.34. The first-order valence-electron chi connectivity index (χ1n) is 8.28. The van der Waals surface area contributed by atoms with Gasteiger partial charge in [-0.15, -0.1) is 0 Å². The average Bonchev–Trinajstić information content (AvgIpc) is 3.07. The summed E-state index contributed by atoms with van der Waals surface area (Å²) < 4.78 is 34.3. The van der Waals surface area contributed by atoms with Crippen LogP contribution < -0.4 is 15.7 Å². The molecule has 4 rings (SSSR count). The zero-order chi connectivity index (χ0) is 20.8. The predicted molar refractivity (Wildman–Crippen MR) is 110 cm³/mol. The number of thiazole rings is 1. The Morgan fingerprint density at radius 3 is 2.69 bits per heavy atom. The summed E-state index contributed by atoms with van der Waals surface area (Å²) in [6.45, 7) is 0. The molecular formula is C19H14N2O6S2. The van der Waals surface area contributed by atoms with Gasteiger partial charge in [0.15, 0.2) is 15.0 Å². The number of carbonyl (C=O) groups excluding carboxylic acids is 1. The molecule has 0 spiro atoms. The molecule has 0 bridgehead atoms. The fourth-order valence-electron chi connectivity index (χ4n) is 2.74. The third kappa shape index (κ3) is 3.71. The maximum Gasteiger partial charge on any atom is 0.349 e. The van der Waals surface area contributed by atoms with Crippen molar-refractivity contribution in [1.29, 1.82) is 0 Å². The number of ether oxygens (including phenoxy) is 1. The monoisotopic (exact) mass is 430 g/mol. The van der Waals surface area contributed by atoms with E-state index in [2.05, 4.69) is 10.3 Å². The molecule has 0 unspecified atom stereocenters. The van der Waals surface area contributed by atoms with Crippen molar-refractivity contribution in [2.24, 2.45) is 0 Å². The molecule has 0 aliphatic carbocycles. The van der Waals surface area contributed by atoms with Gasteiger partial charge in [-0.25, -0.2) is 18.2 Å². The van der Waals surface area contributed by atoms with E-state index in [1.54, 1.807) is 24.3 Å². The smallest absolute Gasteiger partial charge is 0.349 e.